The van der Waals surface area contributed by atoms with E-state index in [9.17, 15) is 19.8 Å². The molecule has 0 spiro atoms. The van der Waals surface area contributed by atoms with Crippen LogP contribution in [0.4, 0.5) is 9.59 Å². The average molecular weight is 959 g/mol. The molecule has 13 heteroatoms. The van der Waals surface area contributed by atoms with Gasteiger partial charge in [-0.25, -0.2) is 9.59 Å². The van der Waals surface area contributed by atoms with Gasteiger partial charge in [-0.15, -0.1) is 18.2 Å². The Morgan fingerprint density at radius 3 is 2.37 bits per heavy atom. The number of alkyl halides is 1. The van der Waals surface area contributed by atoms with E-state index in [4.69, 9.17) is 40.5 Å². The fourth-order valence-electron chi connectivity index (χ4n) is 10.9. The lowest BCUT2D eigenvalue weighted by atomic mass is 9.55. The first-order valence-electron chi connectivity index (χ1n) is 25.4. The molecule has 3 aromatic rings. The van der Waals surface area contributed by atoms with Crippen molar-refractivity contribution in [3.05, 3.63) is 96.1 Å². The third kappa shape index (κ3) is 13.4. The standard InChI is InChI=1S/C55H76ClN3O9/c1-4-6-7-8-9-10-11-12-13-18-31-57-53(62)67-43-28-29-49-47(37-43)51-45(27-17-20-33-61)41(23-16-19-32-60)36-46-48(58-64-3)38-50(55(68-49,52(46)51)66-34-5-2)59(54(63)65-35-30-56)39-42-25-21-24-40-22-14-15-26-44(40)42/h5,14-15,21-22,24-26,28-29,36-37,41,45,50-52,60-61H,2,4,6-13,16-20,23,27,30-35,38-39H2,1,3H3,(H,57,62). The molecule has 0 aromatic heterocycles. The van der Waals surface area contributed by atoms with Crippen LogP contribution < -0.4 is 14.8 Å². The number of aliphatic hydroxyl groups is 2. The summed E-state index contributed by atoms with van der Waals surface area (Å²) in [5, 5.41) is 29.6. The normalized spacial score (nSPS) is 22.1. The number of hydrogen-bond donors (Lipinski definition) is 3. The minimum Gasteiger partial charge on any atom is -0.459 e. The highest BCUT2D eigenvalue weighted by atomic mass is 35.5. The molecule has 3 N–H and O–H groups in total. The predicted octanol–water partition coefficient (Wildman–Crippen LogP) is 12.0. The lowest BCUT2D eigenvalue weighted by Crippen LogP contribution is -2.70. The number of nitrogens with one attached hydrogen (secondary N) is 1. The van der Waals surface area contributed by atoms with Crippen molar-refractivity contribution in [2.24, 2.45) is 22.9 Å². The Kier molecular flexibility index (Phi) is 21.4. The highest BCUT2D eigenvalue weighted by Crippen LogP contribution is 2.62. The summed E-state index contributed by atoms with van der Waals surface area (Å²) in [5.74, 6) is -1.29. The van der Waals surface area contributed by atoms with E-state index in [2.05, 4.69) is 24.9 Å². The van der Waals surface area contributed by atoms with E-state index in [0.717, 1.165) is 72.4 Å². The molecule has 1 heterocycles. The smallest absolute Gasteiger partial charge is 0.412 e. The topological polar surface area (TPSA) is 148 Å². The Hall–Kier alpha value is -4.62. The fraction of sp³-hybridized carbons (Fsp3) is 0.582. The molecule has 6 atom stereocenters. The molecular formula is C55H76ClN3O9. The molecule has 0 saturated heterocycles. The van der Waals surface area contributed by atoms with Gasteiger partial charge in [-0.2, -0.15) is 0 Å². The highest BCUT2D eigenvalue weighted by molar-refractivity contribution is 6.18. The number of benzene rings is 3. The highest BCUT2D eigenvalue weighted by Gasteiger charge is 2.65. The van der Waals surface area contributed by atoms with Crippen molar-refractivity contribution in [1.29, 1.82) is 0 Å². The molecule has 1 saturated carbocycles. The summed E-state index contributed by atoms with van der Waals surface area (Å²) in [6, 6.07) is 18.8. The van der Waals surface area contributed by atoms with Gasteiger partial charge in [-0.05, 0) is 84.0 Å². The van der Waals surface area contributed by atoms with Gasteiger partial charge in [0.1, 0.15) is 31.3 Å². The minimum atomic E-state index is -1.50. The number of nitrogens with zero attached hydrogens (tertiary/aromatic N) is 2. The van der Waals surface area contributed by atoms with Crippen LogP contribution in [-0.4, -0.2) is 90.8 Å². The molecule has 1 aliphatic heterocycles. The van der Waals surface area contributed by atoms with E-state index >= 15 is 0 Å². The summed E-state index contributed by atoms with van der Waals surface area (Å²) in [4.78, 5) is 35.4. The molecule has 6 unspecified atom stereocenters. The number of rotatable bonds is 29. The molecule has 2 aliphatic carbocycles. The molecule has 0 radical (unpaired) electrons. The van der Waals surface area contributed by atoms with Crippen molar-refractivity contribution in [3.8, 4) is 11.5 Å². The van der Waals surface area contributed by atoms with E-state index in [1.807, 2.05) is 54.6 Å². The number of oxime groups is 1. The van der Waals surface area contributed by atoms with Gasteiger partial charge < -0.3 is 39.3 Å². The number of carbonyl (C=O) groups excluding carboxylic acids is 2. The first-order valence-corrected chi connectivity index (χ1v) is 25.9. The quantitative estimate of drug-likeness (QED) is 0.0268. The lowest BCUT2D eigenvalue weighted by molar-refractivity contribution is -0.256. The van der Waals surface area contributed by atoms with Crippen LogP contribution in [0, 0.1) is 17.8 Å². The maximum absolute atomic E-state index is 14.7. The van der Waals surface area contributed by atoms with Gasteiger partial charge in [0.05, 0.1) is 30.7 Å². The van der Waals surface area contributed by atoms with Crippen LogP contribution in [-0.2, 0) is 20.9 Å². The average Bonchev–Trinajstić information content (AvgIpc) is 3.35. The zero-order chi connectivity index (χ0) is 48.1. The summed E-state index contributed by atoms with van der Waals surface area (Å²) in [6.07, 6.45) is 19.6. The summed E-state index contributed by atoms with van der Waals surface area (Å²) < 4.78 is 26.4. The number of ether oxygens (including phenoxy) is 4. The monoisotopic (exact) mass is 958 g/mol. The van der Waals surface area contributed by atoms with Crippen LogP contribution in [0.5, 0.6) is 11.5 Å². The molecule has 3 aromatic carbocycles. The molecule has 2 amide bonds. The van der Waals surface area contributed by atoms with E-state index in [1.54, 1.807) is 17.0 Å². The molecule has 6 rings (SSSR count). The number of amides is 2. The maximum Gasteiger partial charge on any atom is 0.412 e. The second kappa shape index (κ2) is 27.5. The van der Waals surface area contributed by atoms with Crippen LogP contribution in [0.25, 0.3) is 10.8 Å². The SMILES string of the molecule is C=CCOC12Oc3ccc(OC(=O)NCCCCCCCCCCCC)cc3C3C(CCCCO)C(CCCCO)C=C(C(=NOC)CC1N(Cc1cccc4ccccc14)C(=O)OCCCl)C32. The zero-order valence-corrected chi connectivity index (χ0v) is 41.3. The number of halogens is 1. The molecule has 68 heavy (non-hydrogen) atoms. The number of hydrogen-bond acceptors (Lipinski definition) is 10. The summed E-state index contributed by atoms with van der Waals surface area (Å²) in [5.41, 5.74) is 3.31. The van der Waals surface area contributed by atoms with Gasteiger partial charge in [-0.1, -0.05) is 137 Å². The Morgan fingerprint density at radius 1 is 0.926 bits per heavy atom. The Labute approximate surface area is 409 Å². The molecule has 372 valence electrons. The molecular weight excluding hydrogens is 882 g/mol. The maximum atomic E-state index is 14.7. The van der Waals surface area contributed by atoms with Gasteiger partial charge in [0.2, 0.25) is 5.79 Å². The van der Waals surface area contributed by atoms with Crippen LogP contribution in [0.3, 0.4) is 0 Å². The van der Waals surface area contributed by atoms with Crippen molar-refractivity contribution in [3.63, 3.8) is 0 Å². The number of fused-ring (bicyclic) bond motifs is 3. The lowest BCUT2D eigenvalue weighted by Gasteiger charge is -2.59. The van der Waals surface area contributed by atoms with Gasteiger partial charge >= 0.3 is 12.2 Å². The largest absolute Gasteiger partial charge is 0.459 e. The number of carbonyl (C=O) groups is 2. The molecule has 3 aliphatic rings. The van der Waals surface area contributed by atoms with E-state index in [-0.39, 0.29) is 63.0 Å². The van der Waals surface area contributed by atoms with E-state index < -0.39 is 29.9 Å². The Balaban J connectivity index is 1.40. The van der Waals surface area contributed by atoms with Gasteiger partial charge in [0.15, 0.2) is 0 Å². The third-order valence-electron chi connectivity index (χ3n) is 14.0. The predicted molar refractivity (Wildman–Crippen MR) is 269 cm³/mol. The zero-order valence-electron chi connectivity index (χ0n) is 40.5. The van der Waals surface area contributed by atoms with Crippen molar-refractivity contribution in [2.45, 2.75) is 140 Å². The summed E-state index contributed by atoms with van der Waals surface area (Å²) in [7, 11) is 1.52. The van der Waals surface area contributed by atoms with E-state index in [1.165, 1.54) is 52.1 Å². The van der Waals surface area contributed by atoms with Crippen molar-refractivity contribution < 1.29 is 43.6 Å². The van der Waals surface area contributed by atoms with Gasteiger partial charge in [-0.3, -0.25) is 4.90 Å². The third-order valence-corrected chi connectivity index (χ3v) is 14.1. The minimum absolute atomic E-state index is 0.00235. The van der Waals surface area contributed by atoms with Crippen molar-refractivity contribution >= 4 is 40.3 Å². The van der Waals surface area contributed by atoms with Gasteiger partial charge in [0.25, 0.3) is 0 Å². The van der Waals surface area contributed by atoms with Crippen LogP contribution >= 0.6 is 11.6 Å². The van der Waals surface area contributed by atoms with Crippen LogP contribution in [0.2, 0.25) is 0 Å². The molecule has 0 bridgehead atoms. The van der Waals surface area contributed by atoms with E-state index in [0.29, 0.717) is 36.6 Å². The van der Waals surface area contributed by atoms with Crippen molar-refractivity contribution in [2.75, 3.05) is 46.0 Å². The number of aliphatic hydroxyl groups excluding tert-OH is 2. The van der Waals surface area contributed by atoms with Gasteiger partial charge in [0, 0.05) is 37.7 Å². The number of allylic oxidation sites excluding steroid dienone is 1. The molecule has 1 fully saturated rings. The summed E-state index contributed by atoms with van der Waals surface area (Å²) in [6.45, 7) is 7.23. The Morgan fingerprint density at radius 2 is 1.65 bits per heavy atom. The second-order valence-electron chi connectivity index (χ2n) is 18.5. The Bertz CT molecular complexity index is 2130. The van der Waals surface area contributed by atoms with Crippen molar-refractivity contribution in [1.82, 2.24) is 10.2 Å². The fourth-order valence-corrected chi connectivity index (χ4v) is 11.0. The molecule has 12 nitrogen and oxygen atoms in total. The van der Waals surface area contributed by atoms with Crippen LogP contribution in [0.15, 0.2) is 90.1 Å². The first kappa shape index (κ1) is 52.7. The number of unbranched alkanes of at least 4 members (excludes halogenated alkanes) is 11. The second-order valence-corrected chi connectivity index (χ2v) is 18.9. The first-order chi connectivity index (χ1) is 33.3. The summed E-state index contributed by atoms with van der Waals surface area (Å²) >= 11 is 6.14. The van der Waals surface area contributed by atoms with Crippen LogP contribution in [0.1, 0.15) is 133 Å².